The van der Waals surface area contributed by atoms with E-state index in [2.05, 4.69) is 0 Å². The van der Waals surface area contributed by atoms with Crippen LogP contribution in [0.25, 0.3) is 0 Å². The third-order valence-electron chi connectivity index (χ3n) is 3.03. The molecule has 0 amide bonds. The van der Waals surface area contributed by atoms with Gasteiger partial charge in [-0.05, 0) is 48.0 Å². The van der Waals surface area contributed by atoms with Crippen LogP contribution in [0.2, 0.25) is 0 Å². The van der Waals surface area contributed by atoms with Crippen LogP contribution in [0.4, 0.5) is 0 Å². The molecule has 0 heterocycles. The Labute approximate surface area is 122 Å². The minimum Gasteiger partial charge on any atom is -0.465 e. The average Bonchev–Trinajstić information content (AvgIpc) is 2.39. The number of ether oxygens (including phenoxy) is 1. The molecule has 0 spiro atoms. The van der Waals surface area contributed by atoms with Gasteiger partial charge in [-0.3, -0.25) is 9.36 Å². The van der Waals surface area contributed by atoms with Gasteiger partial charge in [-0.1, -0.05) is 11.6 Å². The van der Waals surface area contributed by atoms with Crippen LogP contribution < -0.4 is 0 Å². The molecule has 0 aliphatic carbocycles. The van der Waals surface area contributed by atoms with Gasteiger partial charge >= 0.3 is 13.6 Å². The van der Waals surface area contributed by atoms with E-state index >= 15 is 0 Å². The molecule has 0 aromatic carbocycles. The minimum atomic E-state index is -3.61. The third kappa shape index (κ3) is 4.44. The highest BCUT2D eigenvalue weighted by atomic mass is 31.2. The summed E-state index contributed by atoms with van der Waals surface area (Å²) in [5, 5.41) is -1.33. The number of carbonyl (C=O) groups excluding carboxylic acids is 1. The second kappa shape index (κ2) is 8.60. The number of hydrogen-bond acceptors (Lipinski definition) is 5. The summed E-state index contributed by atoms with van der Waals surface area (Å²) in [6.07, 6.45) is 2.15. The van der Waals surface area contributed by atoms with Crippen molar-refractivity contribution in [1.29, 1.82) is 0 Å². The zero-order valence-corrected chi connectivity index (χ0v) is 14.3. The van der Waals surface area contributed by atoms with Crippen molar-refractivity contribution in [1.82, 2.24) is 0 Å². The summed E-state index contributed by atoms with van der Waals surface area (Å²) in [5.41, 5.74) is 0.931. The highest BCUT2D eigenvalue weighted by Gasteiger charge is 2.54. The molecule has 5 nitrogen and oxygen atoms in total. The van der Waals surface area contributed by atoms with Crippen LogP contribution in [0.5, 0.6) is 0 Å². The van der Waals surface area contributed by atoms with Gasteiger partial charge in [-0.2, -0.15) is 0 Å². The number of carbonyl (C=O) groups is 1. The fraction of sp³-hybridized carbons (Fsp3) is 0.786. The molecular formula is C14H27O5P. The van der Waals surface area contributed by atoms with E-state index in [0.717, 1.165) is 5.57 Å². The van der Waals surface area contributed by atoms with Gasteiger partial charge in [0.1, 0.15) is 0 Å². The molecule has 0 aromatic heterocycles. The SMILES string of the molecule is CC=C(C)CC(C)(C(=O)OCC)P(=O)(OCC)OCC. The fourth-order valence-electron chi connectivity index (χ4n) is 1.87. The number of allylic oxidation sites excluding steroid dienone is 2. The van der Waals surface area contributed by atoms with Crippen LogP contribution in [0.1, 0.15) is 48.0 Å². The molecule has 0 radical (unpaired) electrons. The lowest BCUT2D eigenvalue weighted by molar-refractivity contribution is -0.146. The third-order valence-corrected chi connectivity index (χ3v) is 5.78. The van der Waals surface area contributed by atoms with E-state index in [-0.39, 0.29) is 26.2 Å². The minimum absolute atomic E-state index is 0.209. The highest BCUT2D eigenvalue weighted by molar-refractivity contribution is 7.56. The Bertz CT molecular complexity index is 381. The van der Waals surface area contributed by atoms with Crippen LogP contribution >= 0.6 is 7.60 Å². The molecule has 0 N–H and O–H groups in total. The quantitative estimate of drug-likeness (QED) is 0.367. The predicted molar refractivity (Wildman–Crippen MR) is 79.9 cm³/mol. The van der Waals surface area contributed by atoms with Gasteiger partial charge in [0.15, 0.2) is 5.16 Å². The molecule has 20 heavy (non-hydrogen) atoms. The molecule has 1 unspecified atom stereocenters. The van der Waals surface area contributed by atoms with E-state index < -0.39 is 18.7 Å². The molecular weight excluding hydrogens is 279 g/mol. The van der Waals surface area contributed by atoms with E-state index in [9.17, 15) is 9.36 Å². The second-order valence-corrected chi connectivity index (χ2v) is 7.14. The van der Waals surface area contributed by atoms with E-state index in [1.165, 1.54) is 0 Å². The first kappa shape index (κ1) is 19.4. The van der Waals surface area contributed by atoms with E-state index in [0.29, 0.717) is 0 Å². The normalized spacial score (nSPS) is 15.8. The Morgan fingerprint density at radius 1 is 1.15 bits per heavy atom. The van der Waals surface area contributed by atoms with E-state index in [1.54, 1.807) is 27.7 Å². The first-order valence-electron chi connectivity index (χ1n) is 6.99. The largest absolute Gasteiger partial charge is 0.465 e. The molecule has 0 aromatic rings. The lowest BCUT2D eigenvalue weighted by Crippen LogP contribution is -2.39. The van der Waals surface area contributed by atoms with Gasteiger partial charge < -0.3 is 13.8 Å². The molecule has 0 fully saturated rings. The summed E-state index contributed by atoms with van der Waals surface area (Å²) in [4.78, 5) is 12.3. The number of esters is 1. The molecule has 0 aliphatic rings. The lowest BCUT2D eigenvalue weighted by atomic mass is 10.0. The number of rotatable bonds is 9. The average molecular weight is 306 g/mol. The summed E-state index contributed by atoms with van der Waals surface area (Å²) in [5.74, 6) is -0.550. The molecule has 1 atom stereocenters. The summed E-state index contributed by atoms with van der Waals surface area (Å²) in [7, 11) is -3.61. The molecule has 118 valence electrons. The van der Waals surface area contributed by atoms with Gasteiger partial charge in [0.2, 0.25) is 0 Å². The Kier molecular flexibility index (Phi) is 8.33. The van der Waals surface area contributed by atoms with Crippen molar-refractivity contribution in [3.63, 3.8) is 0 Å². The molecule has 6 heteroatoms. The Hall–Kier alpha value is -0.640. The Balaban J connectivity index is 5.68. The van der Waals surface area contributed by atoms with Crippen LogP contribution in [-0.2, 0) is 23.1 Å². The zero-order chi connectivity index (χ0) is 15.8. The highest BCUT2D eigenvalue weighted by Crippen LogP contribution is 2.62. The first-order valence-corrected chi connectivity index (χ1v) is 8.53. The van der Waals surface area contributed by atoms with Crippen LogP contribution in [0, 0.1) is 0 Å². The lowest BCUT2D eigenvalue weighted by Gasteiger charge is -2.34. The summed E-state index contributed by atoms with van der Waals surface area (Å²) < 4.78 is 28.8. The van der Waals surface area contributed by atoms with Gasteiger partial charge in [-0.25, -0.2) is 0 Å². The zero-order valence-electron chi connectivity index (χ0n) is 13.4. The molecule has 0 rings (SSSR count). The fourth-order valence-corrected chi connectivity index (χ4v) is 3.93. The topological polar surface area (TPSA) is 61.8 Å². The molecule has 0 bridgehead atoms. The van der Waals surface area contributed by atoms with Crippen LogP contribution in [0.3, 0.4) is 0 Å². The summed E-state index contributed by atoms with van der Waals surface area (Å²) in [6, 6.07) is 0. The predicted octanol–water partition coefficient (Wildman–Crippen LogP) is 3.93. The maximum atomic E-state index is 13.0. The second-order valence-electron chi connectivity index (χ2n) is 4.64. The molecule has 0 saturated carbocycles. The van der Waals surface area contributed by atoms with Crippen molar-refractivity contribution in [2.75, 3.05) is 19.8 Å². The standard InChI is InChI=1S/C14H27O5P/c1-7-12(5)11-14(6,13(15)17-8-2)20(16,18-9-3)19-10-4/h7H,8-11H2,1-6H3. The Morgan fingerprint density at radius 2 is 1.65 bits per heavy atom. The van der Waals surface area contributed by atoms with Crippen molar-refractivity contribution in [2.24, 2.45) is 0 Å². The van der Waals surface area contributed by atoms with Crippen LogP contribution in [0.15, 0.2) is 11.6 Å². The smallest absolute Gasteiger partial charge is 0.347 e. The van der Waals surface area contributed by atoms with Crippen LogP contribution in [-0.4, -0.2) is 30.9 Å². The maximum absolute atomic E-state index is 13.0. The Morgan fingerprint density at radius 3 is 2.00 bits per heavy atom. The summed E-state index contributed by atoms with van der Waals surface area (Å²) in [6.45, 7) is 11.1. The molecule has 0 aliphatic heterocycles. The monoisotopic (exact) mass is 306 g/mol. The van der Waals surface area contributed by atoms with Crippen molar-refractivity contribution < 1.29 is 23.1 Å². The first-order chi connectivity index (χ1) is 9.31. The van der Waals surface area contributed by atoms with Crippen molar-refractivity contribution in [2.45, 2.75) is 53.1 Å². The number of hydrogen-bond donors (Lipinski definition) is 0. The van der Waals surface area contributed by atoms with Crippen molar-refractivity contribution in [3.05, 3.63) is 11.6 Å². The van der Waals surface area contributed by atoms with E-state index in [4.69, 9.17) is 13.8 Å². The van der Waals surface area contributed by atoms with Crippen molar-refractivity contribution in [3.8, 4) is 0 Å². The van der Waals surface area contributed by atoms with Gasteiger partial charge in [0.05, 0.1) is 19.8 Å². The maximum Gasteiger partial charge on any atom is 0.347 e. The van der Waals surface area contributed by atoms with Crippen molar-refractivity contribution >= 4 is 13.6 Å². The van der Waals surface area contributed by atoms with E-state index in [1.807, 2.05) is 19.9 Å². The molecule has 0 saturated heterocycles. The van der Waals surface area contributed by atoms with Gasteiger partial charge in [0.25, 0.3) is 0 Å². The van der Waals surface area contributed by atoms with Gasteiger partial charge in [0, 0.05) is 0 Å². The summed E-state index contributed by atoms with van der Waals surface area (Å²) >= 11 is 0. The van der Waals surface area contributed by atoms with Gasteiger partial charge in [-0.15, -0.1) is 0 Å².